The van der Waals surface area contributed by atoms with E-state index in [-0.39, 0.29) is 12.4 Å². The summed E-state index contributed by atoms with van der Waals surface area (Å²) in [5, 5.41) is 11.8. The molecule has 0 aliphatic carbocycles. The highest BCUT2D eigenvalue weighted by Crippen LogP contribution is 2.06. The third-order valence-corrected chi connectivity index (χ3v) is 1.78. The van der Waals surface area contributed by atoms with Gasteiger partial charge in [-0.05, 0) is 31.6 Å². The normalized spacial score (nSPS) is 8.62. The molecule has 0 aliphatic rings. The molecular formula is C10H13ClN2. The molecule has 0 atom stereocenters. The predicted octanol–water partition coefficient (Wildman–Crippen LogP) is 1.74. The van der Waals surface area contributed by atoms with Gasteiger partial charge in [-0.3, -0.25) is 0 Å². The molecular weight excluding hydrogens is 184 g/mol. The van der Waals surface area contributed by atoms with Crippen LogP contribution in [0.2, 0.25) is 0 Å². The largest absolute Gasteiger partial charge is 0.319 e. The highest BCUT2D eigenvalue weighted by atomic mass is 35.5. The molecule has 1 rings (SSSR count). The van der Waals surface area contributed by atoms with E-state index in [2.05, 4.69) is 11.4 Å². The minimum atomic E-state index is 0. The molecule has 0 spiro atoms. The minimum absolute atomic E-state index is 0. The van der Waals surface area contributed by atoms with Crippen molar-refractivity contribution in [1.29, 1.82) is 5.26 Å². The molecule has 13 heavy (non-hydrogen) atoms. The Morgan fingerprint density at radius 2 is 2.08 bits per heavy atom. The van der Waals surface area contributed by atoms with Crippen molar-refractivity contribution in [3.05, 3.63) is 35.4 Å². The van der Waals surface area contributed by atoms with Gasteiger partial charge in [-0.2, -0.15) is 5.26 Å². The number of nitrogens with zero attached hydrogens (tertiary/aromatic N) is 1. The van der Waals surface area contributed by atoms with Crippen LogP contribution in [0.4, 0.5) is 0 Å². The van der Waals surface area contributed by atoms with E-state index in [0.29, 0.717) is 0 Å². The fraction of sp³-hybridized carbons (Fsp3) is 0.300. The second kappa shape index (κ2) is 6.47. The van der Waals surface area contributed by atoms with Crippen LogP contribution in [0.1, 0.15) is 11.1 Å². The number of rotatable bonds is 3. The maximum atomic E-state index is 8.75. The minimum Gasteiger partial charge on any atom is -0.319 e. The summed E-state index contributed by atoms with van der Waals surface area (Å²) in [5.41, 5.74) is 1.90. The fourth-order valence-electron chi connectivity index (χ4n) is 1.11. The topological polar surface area (TPSA) is 35.8 Å². The summed E-state index contributed by atoms with van der Waals surface area (Å²) < 4.78 is 0. The molecule has 0 saturated heterocycles. The molecule has 0 fully saturated rings. The number of halogens is 1. The van der Waals surface area contributed by atoms with Gasteiger partial charge < -0.3 is 5.32 Å². The molecule has 1 N–H and O–H groups in total. The Morgan fingerprint density at radius 3 is 2.69 bits per heavy atom. The van der Waals surface area contributed by atoms with Gasteiger partial charge >= 0.3 is 0 Å². The standard InChI is InChI=1S/C10H12N2.ClH/c1-12-7-6-9-4-2-3-5-10(9)8-11;/h2-5,12H,6-7H2,1H3;1H. The monoisotopic (exact) mass is 196 g/mol. The van der Waals surface area contributed by atoms with Crippen LogP contribution in [0, 0.1) is 11.3 Å². The van der Waals surface area contributed by atoms with Crippen molar-refractivity contribution in [3.8, 4) is 6.07 Å². The van der Waals surface area contributed by atoms with Crippen molar-refractivity contribution in [2.45, 2.75) is 6.42 Å². The predicted molar refractivity (Wildman–Crippen MR) is 56.0 cm³/mol. The molecule has 0 aliphatic heterocycles. The van der Waals surface area contributed by atoms with Crippen molar-refractivity contribution in [2.24, 2.45) is 0 Å². The van der Waals surface area contributed by atoms with Crippen LogP contribution in [0.3, 0.4) is 0 Å². The van der Waals surface area contributed by atoms with Crippen molar-refractivity contribution >= 4 is 12.4 Å². The van der Waals surface area contributed by atoms with Crippen molar-refractivity contribution in [2.75, 3.05) is 13.6 Å². The van der Waals surface area contributed by atoms with Crippen molar-refractivity contribution in [1.82, 2.24) is 5.32 Å². The second-order valence-electron chi connectivity index (χ2n) is 2.62. The van der Waals surface area contributed by atoms with Crippen LogP contribution in [0.5, 0.6) is 0 Å². The Kier molecular flexibility index (Phi) is 5.96. The third-order valence-electron chi connectivity index (χ3n) is 1.78. The molecule has 0 radical (unpaired) electrons. The first kappa shape index (κ1) is 12.0. The van der Waals surface area contributed by atoms with E-state index in [0.717, 1.165) is 24.1 Å². The molecule has 0 saturated carbocycles. The SMILES string of the molecule is CNCCc1ccccc1C#N.Cl. The van der Waals surface area contributed by atoms with Gasteiger partial charge in [0.2, 0.25) is 0 Å². The Labute approximate surface area is 85.0 Å². The van der Waals surface area contributed by atoms with Crippen LogP contribution < -0.4 is 5.32 Å². The summed E-state index contributed by atoms with van der Waals surface area (Å²) in [6.07, 6.45) is 0.917. The van der Waals surface area contributed by atoms with Gasteiger partial charge in [0, 0.05) is 0 Å². The zero-order valence-electron chi connectivity index (χ0n) is 7.58. The number of hydrogen-bond acceptors (Lipinski definition) is 2. The number of hydrogen-bond donors (Lipinski definition) is 1. The maximum absolute atomic E-state index is 8.75. The number of benzene rings is 1. The van der Waals surface area contributed by atoms with E-state index < -0.39 is 0 Å². The highest BCUT2D eigenvalue weighted by molar-refractivity contribution is 5.85. The lowest BCUT2D eigenvalue weighted by Gasteiger charge is -2.01. The van der Waals surface area contributed by atoms with Crippen LogP contribution in [-0.2, 0) is 6.42 Å². The molecule has 0 unspecified atom stereocenters. The summed E-state index contributed by atoms with van der Waals surface area (Å²) in [6, 6.07) is 9.88. The quantitative estimate of drug-likeness (QED) is 0.800. The van der Waals surface area contributed by atoms with E-state index in [4.69, 9.17) is 5.26 Å². The lowest BCUT2D eigenvalue weighted by molar-refractivity contribution is 0.790. The maximum Gasteiger partial charge on any atom is 0.0994 e. The zero-order valence-corrected chi connectivity index (χ0v) is 8.40. The zero-order chi connectivity index (χ0) is 8.81. The van der Waals surface area contributed by atoms with Crippen molar-refractivity contribution in [3.63, 3.8) is 0 Å². The van der Waals surface area contributed by atoms with Gasteiger partial charge in [0.25, 0.3) is 0 Å². The van der Waals surface area contributed by atoms with E-state index in [1.54, 1.807) is 0 Å². The van der Waals surface area contributed by atoms with Gasteiger partial charge in [-0.1, -0.05) is 18.2 Å². The molecule has 2 nitrogen and oxygen atoms in total. The van der Waals surface area contributed by atoms with E-state index in [1.165, 1.54) is 0 Å². The fourth-order valence-corrected chi connectivity index (χ4v) is 1.11. The van der Waals surface area contributed by atoms with Gasteiger partial charge in [0.15, 0.2) is 0 Å². The van der Waals surface area contributed by atoms with Crippen LogP contribution >= 0.6 is 12.4 Å². The summed E-state index contributed by atoms with van der Waals surface area (Å²) >= 11 is 0. The number of likely N-dealkylation sites (N-methyl/N-ethyl adjacent to an activating group) is 1. The molecule has 3 heteroatoms. The first-order valence-corrected chi connectivity index (χ1v) is 4.01. The Balaban J connectivity index is 0.00000144. The van der Waals surface area contributed by atoms with Crippen LogP contribution in [0.15, 0.2) is 24.3 Å². The van der Waals surface area contributed by atoms with Gasteiger partial charge in [-0.15, -0.1) is 12.4 Å². The molecule has 0 amide bonds. The van der Waals surface area contributed by atoms with E-state index in [1.807, 2.05) is 31.3 Å². The molecule has 0 heterocycles. The molecule has 70 valence electrons. The van der Waals surface area contributed by atoms with Crippen LogP contribution in [0.25, 0.3) is 0 Å². The van der Waals surface area contributed by atoms with Crippen molar-refractivity contribution < 1.29 is 0 Å². The smallest absolute Gasteiger partial charge is 0.0994 e. The summed E-state index contributed by atoms with van der Waals surface area (Å²) in [6.45, 7) is 0.915. The average molecular weight is 197 g/mol. The molecule has 0 aromatic heterocycles. The lowest BCUT2D eigenvalue weighted by Crippen LogP contribution is -2.10. The molecule has 1 aromatic carbocycles. The number of nitrogens with one attached hydrogen (secondary N) is 1. The Bertz CT molecular complexity index is 291. The Morgan fingerprint density at radius 1 is 1.38 bits per heavy atom. The third kappa shape index (κ3) is 3.45. The van der Waals surface area contributed by atoms with Gasteiger partial charge in [0.1, 0.15) is 0 Å². The van der Waals surface area contributed by atoms with E-state index in [9.17, 15) is 0 Å². The average Bonchev–Trinajstić information content (AvgIpc) is 2.15. The number of nitriles is 1. The first-order valence-electron chi connectivity index (χ1n) is 4.01. The molecule has 0 bridgehead atoms. The van der Waals surface area contributed by atoms with E-state index >= 15 is 0 Å². The Hall–Kier alpha value is -1.04. The van der Waals surface area contributed by atoms with Crippen LogP contribution in [-0.4, -0.2) is 13.6 Å². The first-order chi connectivity index (χ1) is 5.88. The summed E-state index contributed by atoms with van der Waals surface area (Å²) in [4.78, 5) is 0. The van der Waals surface area contributed by atoms with Gasteiger partial charge in [-0.25, -0.2) is 0 Å². The second-order valence-corrected chi connectivity index (χ2v) is 2.62. The molecule has 1 aromatic rings. The highest BCUT2D eigenvalue weighted by Gasteiger charge is 1.98. The summed E-state index contributed by atoms with van der Waals surface area (Å²) in [7, 11) is 1.91. The van der Waals surface area contributed by atoms with Gasteiger partial charge in [0.05, 0.1) is 11.6 Å². The summed E-state index contributed by atoms with van der Waals surface area (Å²) in [5.74, 6) is 0. The lowest BCUT2D eigenvalue weighted by atomic mass is 10.1.